The summed E-state index contributed by atoms with van der Waals surface area (Å²) in [5, 5.41) is 11.0. The Hall–Kier alpha value is -4.20. The number of carbonyl (C=O) groups excluding carboxylic acids is 1. The first-order chi connectivity index (χ1) is 16.9. The summed E-state index contributed by atoms with van der Waals surface area (Å²) in [5.41, 5.74) is 2.15. The third kappa shape index (κ3) is 6.89. The number of anilines is 1. The van der Waals surface area contributed by atoms with Crippen molar-refractivity contribution < 1.29 is 9.53 Å². The van der Waals surface area contributed by atoms with E-state index < -0.39 is 11.7 Å². The Morgan fingerprint density at radius 2 is 1.66 bits per heavy atom. The van der Waals surface area contributed by atoms with Gasteiger partial charge in [-0.15, -0.1) is 0 Å². The lowest BCUT2D eigenvalue weighted by atomic mass is 10.1. The van der Waals surface area contributed by atoms with E-state index >= 15 is 0 Å². The van der Waals surface area contributed by atoms with Crippen LogP contribution in [0.4, 0.5) is 10.5 Å². The molecular formula is C27H30N6O2. The molecule has 1 amide bonds. The fraction of sp³-hybridized carbons (Fsp3) is 0.259. The van der Waals surface area contributed by atoms with Crippen molar-refractivity contribution >= 4 is 11.8 Å². The summed E-state index contributed by atoms with van der Waals surface area (Å²) in [7, 11) is 0. The van der Waals surface area contributed by atoms with Crippen molar-refractivity contribution in [3.05, 3.63) is 96.6 Å². The smallest absolute Gasteiger partial charge is 0.410 e. The van der Waals surface area contributed by atoms with Crippen LogP contribution in [0.5, 0.6) is 0 Å². The Morgan fingerprint density at radius 1 is 1.00 bits per heavy atom. The van der Waals surface area contributed by atoms with Crippen LogP contribution >= 0.6 is 0 Å². The highest BCUT2D eigenvalue weighted by Crippen LogP contribution is 2.23. The molecule has 0 saturated carbocycles. The van der Waals surface area contributed by atoms with Crippen LogP contribution in [0, 0.1) is 0 Å². The normalized spacial score (nSPS) is 12.1. The van der Waals surface area contributed by atoms with Crippen LogP contribution in [0.3, 0.4) is 0 Å². The fourth-order valence-corrected chi connectivity index (χ4v) is 3.55. The number of benzene rings is 2. The quantitative estimate of drug-likeness (QED) is 0.355. The SMILES string of the molecule is CC(C)(C)OC(=O)N(Cc1ccccc1)CC(Nc1ccccc1)c1nc(-c2ccncc2)n[nH]1. The van der Waals surface area contributed by atoms with Crippen molar-refractivity contribution in [2.24, 2.45) is 0 Å². The molecule has 1 unspecified atom stereocenters. The second-order valence-electron chi connectivity index (χ2n) is 9.19. The number of ether oxygens (including phenoxy) is 1. The number of nitrogens with zero attached hydrogens (tertiary/aromatic N) is 4. The number of aromatic amines is 1. The van der Waals surface area contributed by atoms with E-state index in [0.717, 1.165) is 16.8 Å². The van der Waals surface area contributed by atoms with Crippen molar-refractivity contribution in [2.45, 2.75) is 39.0 Å². The molecule has 1 atom stereocenters. The molecule has 4 aromatic rings. The maximum absolute atomic E-state index is 13.2. The molecule has 35 heavy (non-hydrogen) atoms. The molecule has 2 aromatic carbocycles. The van der Waals surface area contributed by atoms with E-state index in [4.69, 9.17) is 9.72 Å². The summed E-state index contributed by atoms with van der Waals surface area (Å²) in [5.74, 6) is 1.18. The van der Waals surface area contributed by atoms with Crippen LogP contribution in [0.1, 0.15) is 38.2 Å². The van der Waals surface area contributed by atoms with Crippen LogP contribution in [0.25, 0.3) is 11.4 Å². The van der Waals surface area contributed by atoms with Crippen LogP contribution in [0.2, 0.25) is 0 Å². The lowest BCUT2D eigenvalue weighted by Gasteiger charge is -2.30. The number of amides is 1. The van der Waals surface area contributed by atoms with Crippen molar-refractivity contribution in [1.82, 2.24) is 25.1 Å². The third-order valence-electron chi connectivity index (χ3n) is 5.16. The molecule has 0 aliphatic rings. The minimum atomic E-state index is -0.616. The standard InChI is InChI=1S/C27H30N6O2/c1-27(2,3)35-26(34)33(18-20-10-6-4-7-11-20)19-23(29-22-12-8-5-9-13-22)25-30-24(31-32-25)21-14-16-28-17-15-21/h4-17,23,29H,18-19H2,1-3H3,(H,30,31,32). The monoisotopic (exact) mass is 470 g/mol. The Kier molecular flexibility index (Phi) is 7.40. The zero-order valence-corrected chi connectivity index (χ0v) is 20.2. The third-order valence-corrected chi connectivity index (χ3v) is 5.16. The van der Waals surface area contributed by atoms with Gasteiger partial charge in [0.25, 0.3) is 0 Å². The van der Waals surface area contributed by atoms with Gasteiger partial charge in [-0.3, -0.25) is 10.1 Å². The molecular weight excluding hydrogens is 440 g/mol. The number of aromatic nitrogens is 4. The lowest BCUT2D eigenvalue weighted by Crippen LogP contribution is -2.40. The van der Waals surface area contributed by atoms with E-state index in [-0.39, 0.29) is 6.04 Å². The van der Waals surface area contributed by atoms with Crippen molar-refractivity contribution in [2.75, 3.05) is 11.9 Å². The van der Waals surface area contributed by atoms with Gasteiger partial charge in [0.15, 0.2) is 5.82 Å². The molecule has 0 fully saturated rings. The summed E-state index contributed by atoms with van der Waals surface area (Å²) in [6, 6.07) is 23.0. The van der Waals surface area contributed by atoms with Gasteiger partial charge in [0, 0.05) is 30.2 Å². The van der Waals surface area contributed by atoms with E-state index in [1.54, 1.807) is 17.3 Å². The molecule has 2 heterocycles. The van der Waals surface area contributed by atoms with Crippen molar-refractivity contribution in [1.29, 1.82) is 0 Å². The predicted molar refractivity (Wildman–Crippen MR) is 136 cm³/mol. The average Bonchev–Trinajstić information content (AvgIpc) is 3.34. The minimum Gasteiger partial charge on any atom is -0.444 e. The highest BCUT2D eigenvalue weighted by molar-refractivity contribution is 5.68. The Balaban J connectivity index is 1.64. The molecule has 0 aliphatic heterocycles. The Labute approximate surface area is 205 Å². The van der Waals surface area contributed by atoms with Gasteiger partial charge in [-0.25, -0.2) is 9.78 Å². The summed E-state index contributed by atoms with van der Waals surface area (Å²) in [6.07, 6.45) is 3.01. The first-order valence-corrected chi connectivity index (χ1v) is 11.5. The van der Waals surface area contributed by atoms with E-state index in [9.17, 15) is 4.79 Å². The molecule has 2 aromatic heterocycles. The van der Waals surface area contributed by atoms with Gasteiger partial charge < -0.3 is 15.0 Å². The topological polar surface area (TPSA) is 96.0 Å². The van der Waals surface area contributed by atoms with Crippen molar-refractivity contribution in [3.63, 3.8) is 0 Å². The average molecular weight is 471 g/mol. The van der Waals surface area contributed by atoms with Gasteiger partial charge in [0.1, 0.15) is 17.5 Å². The van der Waals surface area contributed by atoms with Crippen LogP contribution in [0.15, 0.2) is 85.2 Å². The second kappa shape index (κ2) is 10.8. The minimum absolute atomic E-state index is 0.309. The molecule has 0 radical (unpaired) electrons. The number of hydrogen-bond donors (Lipinski definition) is 2. The molecule has 0 aliphatic carbocycles. The predicted octanol–water partition coefficient (Wildman–Crippen LogP) is 5.46. The molecule has 4 rings (SSSR count). The van der Waals surface area contributed by atoms with Gasteiger partial charge >= 0.3 is 6.09 Å². The molecule has 0 bridgehead atoms. The zero-order chi connectivity index (χ0) is 24.7. The first-order valence-electron chi connectivity index (χ1n) is 11.5. The molecule has 180 valence electrons. The van der Waals surface area contributed by atoms with Gasteiger partial charge in [0.2, 0.25) is 0 Å². The molecule has 8 nitrogen and oxygen atoms in total. The van der Waals surface area contributed by atoms with E-state index in [2.05, 4.69) is 20.5 Å². The maximum Gasteiger partial charge on any atom is 0.410 e. The van der Waals surface area contributed by atoms with E-state index in [1.807, 2.05) is 93.6 Å². The number of para-hydroxylation sites is 1. The van der Waals surface area contributed by atoms with E-state index in [1.165, 1.54) is 0 Å². The fourth-order valence-electron chi connectivity index (χ4n) is 3.55. The van der Waals surface area contributed by atoms with Gasteiger partial charge in [-0.2, -0.15) is 5.10 Å². The Morgan fingerprint density at radius 3 is 2.31 bits per heavy atom. The zero-order valence-electron chi connectivity index (χ0n) is 20.2. The summed E-state index contributed by atoms with van der Waals surface area (Å²) in [4.78, 5) is 23.7. The van der Waals surface area contributed by atoms with Gasteiger partial charge in [-0.1, -0.05) is 48.5 Å². The van der Waals surface area contributed by atoms with Crippen LogP contribution < -0.4 is 5.32 Å². The number of H-pyrrole nitrogens is 1. The van der Waals surface area contributed by atoms with Gasteiger partial charge in [0.05, 0.1) is 6.54 Å². The summed E-state index contributed by atoms with van der Waals surface area (Å²) in [6.45, 7) is 6.30. The largest absolute Gasteiger partial charge is 0.444 e. The number of nitrogens with one attached hydrogen (secondary N) is 2. The molecule has 0 spiro atoms. The highest BCUT2D eigenvalue weighted by atomic mass is 16.6. The van der Waals surface area contributed by atoms with Crippen LogP contribution in [-0.4, -0.2) is 43.3 Å². The second-order valence-corrected chi connectivity index (χ2v) is 9.19. The number of rotatable bonds is 8. The molecule has 2 N–H and O–H groups in total. The molecule has 8 heteroatoms. The number of hydrogen-bond acceptors (Lipinski definition) is 6. The first kappa shape index (κ1) is 23.9. The highest BCUT2D eigenvalue weighted by Gasteiger charge is 2.27. The van der Waals surface area contributed by atoms with E-state index in [0.29, 0.717) is 24.7 Å². The number of carbonyl (C=O) groups is 1. The van der Waals surface area contributed by atoms with Gasteiger partial charge in [-0.05, 0) is 50.6 Å². The van der Waals surface area contributed by atoms with Crippen molar-refractivity contribution in [3.8, 4) is 11.4 Å². The maximum atomic E-state index is 13.2. The summed E-state index contributed by atoms with van der Waals surface area (Å²) < 4.78 is 5.74. The number of pyridine rings is 1. The molecule has 0 saturated heterocycles. The Bertz CT molecular complexity index is 1210. The lowest BCUT2D eigenvalue weighted by molar-refractivity contribution is 0.0224. The summed E-state index contributed by atoms with van der Waals surface area (Å²) >= 11 is 0. The van der Waals surface area contributed by atoms with Crippen LogP contribution in [-0.2, 0) is 11.3 Å².